The normalized spacial score (nSPS) is 12.5. The lowest BCUT2D eigenvalue weighted by atomic mass is 10.0. The van der Waals surface area contributed by atoms with Crippen LogP contribution in [0, 0.1) is 0 Å². The highest BCUT2D eigenvalue weighted by Gasteiger charge is 2.19. The van der Waals surface area contributed by atoms with Crippen LogP contribution in [0.25, 0.3) is 0 Å². The van der Waals surface area contributed by atoms with Crippen LogP contribution in [0.4, 0.5) is 0 Å². The largest absolute Gasteiger partial charge is 0.462 e. The van der Waals surface area contributed by atoms with Crippen molar-refractivity contribution in [1.82, 2.24) is 0 Å². The summed E-state index contributed by atoms with van der Waals surface area (Å²) >= 11 is 0. The molecule has 0 spiro atoms. The molecule has 0 aliphatic carbocycles. The van der Waals surface area contributed by atoms with E-state index in [1.54, 1.807) is 0 Å². The second-order valence-electron chi connectivity index (χ2n) is 22.7. The third-order valence-corrected chi connectivity index (χ3v) is 15.0. The molecular weight excluding hydrogens is 961 g/mol. The van der Waals surface area contributed by atoms with Gasteiger partial charge in [-0.2, -0.15) is 0 Å². The fourth-order valence-corrected chi connectivity index (χ4v) is 9.94. The minimum atomic E-state index is -0.814. The maximum absolute atomic E-state index is 12.9. The average Bonchev–Trinajstić information content (AvgIpc) is 3.44. The van der Waals surface area contributed by atoms with E-state index in [0.29, 0.717) is 19.3 Å². The second kappa shape index (κ2) is 66.4. The summed E-state index contributed by atoms with van der Waals surface area (Å²) in [6, 6.07) is 0. The molecule has 0 aromatic carbocycles. The Morgan fingerprint density at radius 1 is 0.269 bits per heavy atom. The van der Waals surface area contributed by atoms with E-state index in [1.807, 2.05) is 6.08 Å². The molecule has 0 aromatic heterocycles. The maximum atomic E-state index is 12.9. The number of carbonyl (C=O) groups excluding carboxylic acids is 3. The van der Waals surface area contributed by atoms with Crippen LogP contribution in [0.2, 0.25) is 0 Å². The lowest BCUT2D eigenvalue weighted by Gasteiger charge is -2.18. The van der Waals surface area contributed by atoms with Crippen LogP contribution in [-0.2, 0) is 28.6 Å². The fraction of sp³-hybridized carbons (Fsp3) is 0.792. The Labute approximate surface area is 484 Å². The van der Waals surface area contributed by atoms with Gasteiger partial charge in [0.2, 0.25) is 0 Å². The third-order valence-electron chi connectivity index (χ3n) is 15.0. The summed E-state index contributed by atoms with van der Waals surface area (Å²) in [6.45, 7) is 6.52. The van der Waals surface area contributed by atoms with Crippen LogP contribution >= 0.6 is 0 Å². The average molecular weight is 1090 g/mol. The lowest BCUT2D eigenvalue weighted by molar-refractivity contribution is -0.166. The molecule has 78 heavy (non-hydrogen) atoms. The van der Waals surface area contributed by atoms with Gasteiger partial charge in [0.05, 0.1) is 0 Å². The van der Waals surface area contributed by atoms with Gasteiger partial charge in [-0.25, -0.2) is 0 Å². The first kappa shape index (κ1) is 74.8. The quantitative estimate of drug-likeness (QED) is 0.0261. The topological polar surface area (TPSA) is 78.9 Å². The summed E-state index contributed by atoms with van der Waals surface area (Å²) in [5.74, 6) is -0.966. The molecule has 452 valence electrons. The summed E-state index contributed by atoms with van der Waals surface area (Å²) in [7, 11) is 0. The number of esters is 3. The van der Waals surface area contributed by atoms with Gasteiger partial charge in [-0.05, 0) is 57.8 Å². The van der Waals surface area contributed by atoms with Crippen molar-refractivity contribution in [3.63, 3.8) is 0 Å². The van der Waals surface area contributed by atoms with E-state index in [-0.39, 0.29) is 37.5 Å². The highest BCUT2D eigenvalue weighted by atomic mass is 16.6. The van der Waals surface area contributed by atoms with Gasteiger partial charge in [-0.3, -0.25) is 14.4 Å². The maximum Gasteiger partial charge on any atom is 0.306 e. The predicted molar refractivity (Wildman–Crippen MR) is 339 cm³/mol. The van der Waals surface area contributed by atoms with E-state index in [9.17, 15) is 14.4 Å². The summed E-state index contributed by atoms with van der Waals surface area (Å²) in [5.41, 5.74) is 0. The van der Waals surface area contributed by atoms with E-state index in [1.165, 1.54) is 225 Å². The van der Waals surface area contributed by atoms with Crippen molar-refractivity contribution in [3.8, 4) is 0 Å². The molecule has 6 heteroatoms. The Balaban J connectivity index is 4.31. The van der Waals surface area contributed by atoms with Crippen molar-refractivity contribution < 1.29 is 28.6 Å². The Morgan fingerprint density at radius 3 is 0.756 bits per heavy atom. The van der Waals surface area contributed by atoms with Crippen LogP contribution in [0.5, 0.6) is 0 Å². The number of hydrogen-bond donors (Lipinski definition) is 0. The zero-order valence-electron chi connectivity index (χ0n) is 51.9. The predicted octanol–water partition coefficient (Wildman–Crippen LogP) is 23.3. The molecule has 0 saturated carbocycles. The molecule has 0 saturated heterocycles. The molecule has 0 amide bonds. The SMILES string of the molecule is CC/C=C\C/C=C\C/C=C\C/C=C\C/C=C\C/C=C\CCC(=O)OC(COC(=O)CCCCCCCCCCCCCCCC)COC(=O)CCCCCCCCCCCCCCCCCCCCCCCCCCCCC. The van der Waals surface area contributed by atoms with Gasteiger partial charge in [0.15, 0.2) is 6.10 Å². The van der Waals surface area contributed by atoms with Gasteiger partial charge in [-0.1, -0.05) is 344 Å². The monoisotopic (exact) mass is 1090 g/mol. The number of hydrogen-bond acceptors (Lipinski definition) is 6. The second-order valence-corrected chi connectivity index (χ2v) is 22.7. The minimum absolute atomic E-state index is 0.101. The summed E-state index contributed by atoms with van der Waals surface area (Å²) in [4.78, 5) is 38.3. The van der Waals surface area contributed by atoms with Crippen LogP contribution in [-0.4, -0.2) is 37.2 Å². The van der Waals surface area contributed by atoms with E-state index in [4.69, 9.17) is 14.2 Å². The standard InChI is InChI=1S/C72H128O6/c1-4-7-10-13-16-19-22-25-28-30-32-33-34-35-36-37-38-39-41-42-44-47-50-53-56-59-62-65-71(74)77-68-69(67-76-70(73)64-61-58-55-52-49-46-27-24-21-18-15-12-9-6-3)78-72(75)66-63-60-57-54-51-48-45-43-40-31-29-26-23-20-17-14-11-8-5-2/h8,11,17,20,26,29,40,43,48,51,57,60,69H,4-7,9-10,12-16,18-19,21-25,27-28,30-39,41-42,44-47,49-50,52-56,58-59,61-68H2,1-3H3/b11-8-,20-17-,29-26-,43-40-,51-48-,60-57-. The van der Waals surface area contributed by atoms with Crippen molar-refractivity contribution in [1.29, 1.82) is 0 Å². The van der Waals surface area contributed by atoms with Gasteiger partial charge in [0.25, 0.3) is 0 Å². The van der Waals surface area contributed by atoms with Crippen molar-refractivity contribution in [2.24, 2.45) is 0 Å². The zero-order valence-corrected chi connectivity index (χ0v) is 51.9. The number of allylic oxidation sites excluding steroid dienone is 12. The number of ether oxygens (including phenoxy) is 3. The van der Waals surface area contributed by atoms with Crippen LogP contribution in [0.15, 0.2) is 72.9 Å². The summed E-state index contributed by atoms with van der Waals surface area (Å²) in [6.07, 6.45) is 86.6. The molecule has 1 unspecified atom stereocenters. The van der Waals surface area contributed by atoms with E-state index in [0.717, 1.165) is 77.0 Å². The number of unbranched alkanes of at least 4 members (excludes halogenated alkanes) is 39. The Morgan fingerprint density at radius 2 is 0.500 bits per heavy atom. The minimum Gasteiger partial charge on any atom is -0.462 e. The molecule has 0 heterocycles. The van der Waals surface area contributed by atoms with E-state index < -0.39 is 6.10 Å². The van der Waals surface area contributed by atoms with Gasteiger partial charge in [-0.15, -0.1) is 0 Å². The molecule has 0 aliphatic heterocycles. The molecule has 0 N–H and O–H groups in total. The van der Waals surface area contributed by atoms with Crippen LogP contribution in [0.1, 0.15) is 348 Å². The van der Waals surface area contributed by atoms with Crippen molar-refractivity contribution in [2.45, 2.75) is 354 Å². The van der Waals surface area contributed by atoms with Crippen molar-refractivity contribution >= 4 is 17.9 Å². The first-order valence-corrected chi connectivity index (χ1v) is 33.9. The number of carbonyl (C=O) groups is 3. The molecule has 0 bridgehead atoms. The summed E-state index contributed by atoms with van der Waals surface area (Å²) in [5, 5.41) is 0. The first-order valence-electron chi connectivity index (χ1n) is 33.9. The molecular formula is C72H128O6. The highest BCUT2D eigenvalue weighted by molar-refractivity contribution is 5.71. The summed E-state index contributed by atoms with van der Waals surface area (Å²) < 4.78 is 16.9. The molecule has 1 atom stereocenters. The highest BCUT2D eigenvalue weighted by Crippen LogP contribution is 2.18. The molecule has 0 rings (SSSR count). The van der Waals surface area contributed by atoms with Crippen molar-refractivity contribution in [3.05, 3.63) is 72.9 Å². The molecule has 0 aromatic rings. The molecule has 6 nitrogen and oxygen atoms in total. The molecule has 0 radical (unpaired) electrons. The Kier molecular flexibility index (Phi) is 63.7. The molecule has 0 fully saturated rings. The van der Waals surface area contributed by atoms with Gasteiger partial charge in [0, 0.05) is 19.3 Å². The van der Waals surface area contributed by atoms with Crippen molar-refractivity contribution in [2.75, 3.05) is 13.2 Å². The Bertz CT molecular complexity index is 1440. The fourth-order valence-electron chi connectivity index (χ4n) is 9.94. The van der Waals surface area contributed by atoms with Crippen LogP contribution in [0.3, 0.4) is 0 Å². The smallest absolute Gasteiger partial charge is 0.306 e. The third kappa shape index (κ3) is 63.7. The van der Waals surface area contributed by atoms with E-state index in [2.05, 4.69) is 87.6 Å². The van der Waals surface area contributed by atoms with E-state index >= 15 is 0 Å². The van der Waals surface area contributed by atoms with Gasteiger partial charge >= 0.3 is 17.9 Å². The first-order chi connectivity index (χ1) is 38.5. The molecule has 0 aliphatic rings. The Hall–Kier alpha value is -3.15. The van der Waals surface area contributed by atoms with Gasteiger partial charge in [0.1, 0.15) is 13.2 Å². The van der Waals surface area contributed by atoms with Gasteiger partial charge < -0.3 is 14.2 Å². The zero-order chi connectivity index (χ0) is 56.4. The number of rotatable bonds is 62. The lowest BCUT2D eigenvalue weighted by Crippen LogP contribution is -2.30. The van der Waals surface area contributed by atoms with Crippen LogP contribution < -0.4 is 0 Å².